The molecule has 9 aromatic rings. The van der Waals surface area contributed by atoms with Gasteiger partial charge in [0.2, 0.25) is 0 Å². The maximum atomic E-state index is 2.68. The summed E-state index contributed by atoms with van der Waals surface area (Å²) >= 11 is 2.08. The van der Waals surface area contributed by atoms with Crippen molar-refractivity contribution in [2.24, 2.45) is 0 Å². The quantitative estimate of drug-likeness (QED) is 0.190. The Morgan fingerprint density at radius 1 is 0.542 bits per heavy atom. The number of para-hydroxylation sites is 1. The van der Waals surface area contributed by atoms with E-state index >= 15 is 0 Å². The Morgan fingerprint density at radius 2 is 1.17 bits per heavy atom. The Labute approximate surface area is 284 Å². The van der Waals surface area contributed by atoms with Crippen LogP contribution < -0.4 is 4.90 Å². The number of thioether (sulfide) groups is 1. The molecule has 0 aromatic heterocycles. The molecule has 1 saturated carbocycles. The minimum Gasteiger partial charge on any atom is -0.334 e. The minimum atomic E-state index is 0.0278. The molecule has 48 heavy (non-hydrogen) atoms. The zero-order chi connectivity index (χ0) is 31.8. The maximum absolute atomic E-state index is 2.68. The molecule has 0 spiro atoms. The number of hydrogen-bond donors (Lipinski definition) is 0. The van der Waals surface area contributed by atoms with Crippen LogP contribution in [0.4, 0.5) is 11.4 Å². The van der Waals surface area contributed by atoms with E-state index in [1.807, 2.05) is 0 Å². The molecule has 1 aliphatic heterocycles. The average molecular weight is 634 g/mol. The largest absolute Gasteiger partial charge is 0.334 e. The van der Waals surface area contributed by atoms with Gasteiger partial charge in [-0.2, -0.15) is 11.8 Å². The van der Waals surface area contributed by atoms with E-state index < -0.39 is 0 Å². The first kappa shape index (κ1) is 27.2. The zero-order valence-corrected chi connectivity index (χ0v) is 28.1. The molecule has 230 valence electrons. The van der Waals surface area contributed by atoms with Crippen LogP contribution >= 0.6 is 11.8 Å². The third-order valence-corrected chi connectivity index (χ3v) is 14.0. The van der Waals surface area contributed by atoms with Gasteiger partial charge < -0.3 is 4.90 Å². The van der Waals surface area contributed by atoms with Crippen LogP contribution in [0.25, 0.3) is 75.8 Å². The molecular weight excluding hydrogens is 599 g/mol. The van der Waals surface area contributed by atoms with Gasteiger partial charge in [0.15, 0.2) is 0 Å². The van der Waals surface area contributed by atoms with Crippen molar-refractivity contribution in [3.05, 3.63) is 133 Å². The van der Waals surface area contributed by atoms with Crippen LogP contribution in [0.15, 0.2) is 127 Å². The summed E-state index contributed by atoms with van der Waals surface area (Å²) in [5, 5.41) is 16.4. The number of nitrogens with zero attached hydrogens (tertiary/aromatic N) is 1. The van der Waals surface area contributed by atoms with Crippen LogP contribution in [0.3, 0.4) is 0 Å². The van der Waals surface area contributed by atoms with Gasteiger partial charge in [0.05, 0.1) is 10.3 Å². The highest BCUT2D eigenvalue weighted by molar-refractivity contribution is 7.99. The molecule has 2 heteroatoms. The van der Waals surface area contributed by atoms with Crippen LogP contribution in [0.5, 0.6) is 0 Å². The van der Waals surface area contributed by atoms with Crippen LogP contribution in [0.1, 0.15) is 38.2 Å². The number of hydrogen-bond acceptors (Lipinski definition) is 2. The van der Waals surface area contributed by atoms with Crippen molar-refractivity contribution < 1.29 is 0 Å². The Balaban J connectivity index is 1.15. The molecule has 2 unspecified atom stereocenters. The van der Waals surface area contributed by atoms with Crippen molar-refractivity contribution in [1.82, 2.24) is 0 Å². The highest BCUT2D eigenvalue weighted by Crippen LogP contribution is 2.65. The van der Waals surface area contributed by atoms with Gasteiger partial charge in [0.25, 0.3) is 0 Å². The third kappa shape index (κ3) is 3.20. The summed E-state index contributed by atoms with van der Waals surface area (Å²) in [6, 6.07) is 48.7. The van der Waals surface area contributed by atoms with E-state index in [9.17, 15) is 0 Å². The van der Waals surface area contributed by atoms with E-state index in [0.29, 0.717) is 0 Å². The van der Waals surface area contributed by atoms with E-state index in [2.05, 4.69) is 157 Å². The van der Waals surface area contributed by atoms with Crippen molar-refractivity contribution >= 4 is 87.8 Å². The molecule has 1 heterocycles. The SMILES string of the molecule is CSC12CCCCC1(C)N(c1ccccc1)c1ccc(-c3ccc4c5cc6c(cc5c5cccc3c54)c3cccc4cccc6c43)cc12. The van der Waals surface area contributed by atoms with E-state index in [1.54, 1.807) is 0 Å². The normalized spacial score (nSPS) is 21.0. The third-order valence-electron chi connectivity index (χ3n) is 12.4. The average Bonchev–Trinajstić information content (AvgIpc) is 3.71. The second-order valence-corrected chi connectivity index (χ2v) is 15.6. The standard InChI is InChI=1S/C46H35NS/c1-45-23-6-7-24-46(45,48-2)41-25-29(19-22-42(41)47(45)30-13-4-3-5-14-30)31-20-21-36-40-27-38-34-16-9-12-28-11-8-15-33(43(28)34)37(38)26-39(40)35-18-10-17-32(31)44(35)36/h3-5,8-22,25-27H,6-7,23-24H2,1-2H3. The van der Waals surface area contributed by atoms with Gasteiger partial charge in [0, 0.05) is 11.4 Å². The molecule has 9 aromatic carbocycles. The summed E-state index contributed by atoms with van der Waals surface area (Å²) in [7, 11) is 0. The summed E-state index contributed by atoms with van der Waals surface area (Å²) < 4.78 is 0.0528. The number of fused-ring (bicyclic) bond motifs is 9. The number of benzene rings is 7. The summed E-state index contributed by atoms with van der Waals surface area (Å²) in [5.74, 6) is 0. The molecule has 1 nitrogen and oxygen atoms in total. The molecule has 1 aliphatic carbocycles. The minimum absolute atomic E-state index is 0.0278. The van der Waals surface area contributed by atoms with Crippen molar-refractivity contribution in [1.29, 1.82) is 0 Å². The first-order valence-corrected chi connectivity index (χ1v) is 18.7. The Kier molecular flexibility index (Phi) is 5.34. The molecule has 0 saturated heterocycles. The molecule has 2 atom stereocenters. The Hall–Kier alpha value is -4.79. The molecule has 1 fully saturated rings. The van der Waals surface area contributed by atoms with Gasteiger partial charge in [-0.15, -0.1) is 0 Å². The topological polar surface area (TPSA) is 3.24 Å². The molecule has 0 amide bonds. The molecule has 0 radical (unpaired) electrons. The smallest absolute Gasteiger partial charge is 0.0658 e. The molecule has 0 N–H and O–H groups in total. The van der Waals surface area contributed by atoms with Gasteiger partial charge >= 0.3 is 0 Å². The molecule has 2 aliphatic rings. The Morgan fingerprint density at radius 3 is 1.88 bits per heavy atom. The fourth-order valence-electron chi connectivity index (χ4n) is 10.3. The van der Waals surface area contributed by atoms with Gasteiger partial charge in [-0.05, 0) is 144 Å². The molecular formula is C46H35NS. The number of anilines is 2. The van der Waals surface area contributed by atoms with Crippen molar-refractivity contribution in [3.8, 4) is 11.1 Å². The predicted octanol–water partition coefficient (Wildman–Crippen LogP) is 13.2. The van der Waals surface area contributed by atoms with E-state index in [4.69, 9.17) is 0 Å². The zero-order valence-electron chi connectivity index (χ0n) is 27.3. The van der Waals surface area contributed by atoms with E-state index in [0.717, 1.165) is 0 Å². The lowest BCUT2D eigenvalue weighted by Crippen LogP contribution is -2.54. The van der Waals surface area contributed by atoms with E-state index in [-0.39, 0.29) is 10.3 Å². The number of rotatable bonds is 3. The Bertz CT molecular complexity index is 2660. The monoisotopic (exact) mass is 633 g/mol. The highest BCUT2D eigenvalue weighted by atomic mass is 32.2. The lowest BCUT2D eigenvalue weighted by molar-refractivity contribution is 0.262. The molecule has 0 bridgehead atoms. The van der Waals surface area contributed by atoms with E-state index in [1.165, 1.54) is 118 Å². The lowest BCUT2D eigenvalue weighted by atomic mass is 9.71. The van der Waals surface area contributed by atoms with Crippen LogP contribution in [0.2, 0.25) is 0 Å². The maximum Gasteiger partial charge on any atom is 0.0658 e. The first-order chi connectivity index (χ1) is 23.6. The highest BCUT2D eigenvalue weighted by Gasteiger charge is 2.60. The predicted molar refractivity (Wildman–Crippen MR) is 210 cm³/mol. The fourth-order valence-corrected chi connectivity index (χ4v) is 11.7. The summed E-state index contributed by atoms with van der Waals surface area (Å²) in [6.45, 7) is 2.53. The lowest BCUT2D eigenvalue weighted by Gasteiger charge is -2.51. The van der Waals surface area contributed by atoms with Gasteiger partial charge in [-0.1, -0.05) is 104 Å². The second-order valence-electron chi connectivity index (χ2n) is 14.5. The summed E-state index contributed by atoms with van der Waals surface area (Å²) in [4.78, 5) is 2.68. The van der Waals surface area contributed by atoms with Crippen molar-refractivity contribution in [3.63, 3.8) is 0 Å². The van der Waals surface area contributed by atoms with Crippen molar-refractivity contribution in [2.75, 3.05) is 11.2 Å². The van der Waals surface area contributed by atoms with Gasteiger partial charge in [-0.25, -0.2) is 0 Å². The van der Waals surface area contributed by atoms with Gasteiger partial charge in [-0.3, -0.25) is 0 Å². The summed E-state index contributed by atoms with van der Waals surface area (Å²) in [6.07, 6.45) is 7.33. The molecule has 11 rings (SSSR count). The van der Waals surface area contributed by atoms with Crippen LogP contribution in [-0.2, 0) is 4.75 Å². The van der Waals surface area contributed by atoms with Crippen molar-refractivity contribution in [2.45, 2.75) is 42.9 Å². The summed E-state index contributed by atoms with van der Waals surface area (Å²) in [5.41, 5.74) is 6.88. The van der Waals surface area contributed by atoms with Crippen LogP contribution in [0, 0.1) is 0 Å². The second kappa shape index (κ2) is 9.43. The van der Waals surface area contributed by atoms with Gasteiger partial charge in [0.1, 0.15) is 0 Å². The fraction of sp³-hybridized carbons (Fsp3) is 0.174. The first-order valence-electron chi connectivity index (χ1n) is 17.4. The van der Waals surface area contributed by atoms with Crippen LogP contribution in [-0.4, -0.2) is 11.8 Å².